The monoisotopic (exact) mass is 209 g/mol. The van der Waals surface area contributed by atoms with Gasteiger partial charge < -0.3 is 5.73 Å². The predicted molar refractivity (Wildman–Crippen MR) is 69.8 cm³/mol. The number of rotatable bonds is 7. The Morgan fingerprint density at radius 1 is 1.33 bits per heavy atom. The van der Waals surface area contributed by atoms with Crippen molar-refractivity contribution in [3.63, 3.8) is 0 Å². The Hall–Kier alpha value is -0.560. The molecule has 88 valence electrons. The van der Waals surface area contributed by atoms with Crippen molar-refractivity contribution in [3.8, 4) is 0 Å². The van der Waals surface area contributed by atoms with Crippen molar-refractivity contribution >= 4 is 0 Å². The summed E-state index contributed by atoms with van der Waals surface area (Å²) < 4.78 is 0. The molecule has 0 amide bonds. The maximum absolute atomic E-state index is 5.55. The molecule has 15 heavy (non-hydrogen) atoms. The molecular formula is C14H27N. The molecule has 0 aromatic heterocycles. The van der Waals surface area contributed by atoms with Crippen LogP contribution >= 0.6 is 0 Å². The Labute approximate surface area is 95.4 Å². The van der Waals surface area contributed by atoms with Gasteiger partial charge >= 0.3 is 0 Å². The van der Waals surface area contributed by atoms with E-state index in [0.29, 0.717) is 11.8 Å². The molecule has 0 aliphatic carbocycles. The van der Waals surface area contributed by atoms with Gasteiger partial charge in [-0.3, -0.25) is 0 Å². The van der Waals surface area contributed by atoms with Gasteiger partial charge in [0.1, 0.15) is 0 Å². The van der Waals surface area contributed by atoms with Crippen molar-refractivity contribution < 1.29 is 0 Å². The van der Waals surface area contributed by atoms with Gasteiger partial charge in [-0.25, -0.2) is 0 Å². The van der Waals surface area contributed by atoms with E-state index in [9.17, 15) is 0 Å². The van der Waals surface area contributed by atoms with E-state index in [4.69, 9.17) is 5.73 Å². The molecular weight excluding hydrogens is 182 g/mol. The standard InChI is InChI=1S/C14H27N/c1-5-12(2)8-6-7-9-13(3)14(4)10-11-15/h5,7,9,13-14H,6,8,10-11,15H2,1-4H3/b9-7+,12-5-. The van der Waals surface area contributed by atoms with Crippen LogP contribution in [0.25, 0.3) is 0 Å². The van der Waals surface area contributed by atoms with Gasteiger partial charge in [0, 0.05) is 0 Å². The molecule has 0 aromatic carbocycles. The zero-order valence-corrected chi connectivity index (χ0v) is 10.8. The summed E-state index contributed by atoms with van der Waals surface area (Å²) in [6, 6.07) is 0. The van der Waals surface area contributed by atoms with Crippen molar-refractivity contribution in [2.24, 2.45) is 17.6 Å². The molecule has 1 nitrogen and oxygen atoms in total. The smallest absolute Gasteiger partial charge is 0.00745 e. The summed E-state index contributed by atoms with van der Waals surface area (Å²) in [5, 5.41) is 0. The molecule has 1 heteroatoms. The van der Waals surface area contributed by atoms with Gasteiger partial charge in [0.25, 0.3) is 0 Å². The van der Waals surface area contributed by atoms with Crippen molar-refractivity contribution in [3.05, 3.63) is 23.8 Å². The number of nitrogens with two attached hydrogens (primary N) is 1. The van der Waals surface area contributed by atoms with Crippen molar-refractivity contribution in [1.82, 2.24) is 0 Å². The molecule has 0 spiro atoms. The Morgan fingerprint density at radius 3 is 2.53 bits per heavy atom. The molecule has 0 rings (SSSR count). The predicted octanol–water partition coefficient (Wildman–Crippen LogP) is 3.91. The van der Waals surface area contributed by atoms with E-state index in [1.165, 1.54) is 12.0 Å². The van der Waals surface area contributed by atoms with E-state index < -0.39 is 0 Å². The average molecular weight is 209 g/mol. The lowest BCUT2D eigenvalue weighted by Gasteiger charge is -2.14. The highest BCUT2D eigenvalue weighted by atomic mass is 14.5. The highest BCUT2D eigenvalue weighted by molar-refractivity contribution is 4.98. The molecule has 0 fully saturated rings. The SMILES string of the molecule is C/C=C(/C)CC/C=C/C(C)C(C)CCN. The summed E-state index contributed by atoms with van der Waals surface area (Å²) in [6.45, 7) is 9.65. The van der Waals surface area contributed by atoms with E-state index in [0.717, 1.165) is 19.4 Å². The van der Waals surface area contributed by atoms with Crippen LogP contribution in [0.1, 0.15) is 47.0 Å². The molecule has 2 unspecified atom stereocenters. The quantitative estimate of drug-likeness (QED) is 0.632. The summed E-state index contributed by atoms with van der Waals surface area (Å²) in [4.78, 5) is 0. The first-order valence-corrected chi connectivity index (χ1v) is 6.10. The fourth-order valence-electron chi connectivity index (χ4n) is 1.48. The van der Waals surface area contributed by atoms with Crippen LogP contribution in [0.5, 0.6) is 0 Å². The zero-order valence-electron chi connectivity index (χ0n) is 10.8. The molecule has 0 heterocycles. The molecule has 0 aromatic rings. The lowest BCUT2D eigenvalue weighted by molar-refractivity contribution is 0.433. The second-order valence-corrected chi connectivity index (χ2v) is 4.52. The molecule has 0 bridgehead atoms. The lowest BCUT2D eigenvalue weighted by atomic mass is 9.92. The topological polar surface area (TPSA) is 26.0 Å². The van der Waals surface area contributed by atoms with E-state index in [2.05, 4.69) is 45.9 Å². The fourth-order valence-corrected chi connectivity index (χ4v) is 1.48. The Bertz CT molecular complexity index is 203. The second-order valence-electron chi connectivity index (χ2n) is 4.52. The van der Waals surface area contributed by atoms with Gasteiger partial charge in [0.05, 0.1) is 0 Å². The largest absolute Gasteiger partial charge is 0.330 e. The molecule has 2 atom stereocenters. The van der Waals surface area contributed by atoms with E-state index in [-0.39, 0.29) is 0 Å². The minimum atomic E-state index is 0.652. The minimum Gasteiger partial charge on any atom is -0.330 e. The molecule has 0 aliphatic rings. The Balaban J connectivity index is 3.76. The van der Waals surface area contributed by atoms with E-state index >= 15 is 0 Å². The fraction of sp³-hybridized carbons (Fsp3) is 0.714. The van der Waals surface area contributed by atoms with Gasteiger partial charge in [-0.15, -0.1) is 0 Å². The van der Waals surface area contributed by atoms with Crippen LogP contribution in [0.3, 0.4) is 0 Å². The van der Waals surface area contributed by atoms with Crippen LogP contribution in [0.4, 0.5) is 0 Å². The molecule has 0 saturated heterocycles. The highest BCUT2D eigenvalue weighted by Crippen LogP contribution is 2.16. The van der Waals surface area contributed by atoms with Gasteiger partial charge in [0.2, 0.25) is 0 Å². The number of hydrogen-bond donors (Lipinski definition) is 1. The van der Waals surface area contributed by atoms with Crippen LogP contribution in [-0.4, -0.2) is 6.54 Å². The Morgan fingerprint density at radius 2 is 2.00 bits per heavy atom. The van der Waals surface area contributed by atoms with Gasteiger partial charge in [0.15, 0.2) is 0 Å². The molecule has 0 saturated carbocycles. The minimum absolute atomic E-state index is 0.652. The first kappa shape index (κ1) is 14.4. The van der Waals surface area contributed by atoms with Crippen LogP contribution in [-0.2, 0) is 0 Å². The molecule has 0 aliphatic heterocycles. The first-order valence-electron chi connectivity index (χ1n) is 6.10. The lowest BCUT2D eigenvalue weighted by Crippen LogP contribution is -2.11. The summed E-state index contributed by atoms with van der Waals surface area (Å²) in [5.41, 5.74) is 7.02. The second kappa shape index (κ2) is 8.72. The van der Waals surface area contributed by atoms with E-state index in [1.54, 1.807) is 0 Å². The van der Waals surface area contributed by atoms with Crippen LogP contribution in [0.15, 0.2) is 23.8 Å². The third-order valence-corrected chi connectivity index (χ3v) is 3.16. The normalized spacial score (nSPS) is 17.0. The van der Waals surface area contributed by atoms with Crippen LogP contribution in [0, 0.1) is 11.8 Å². The van der Waals surface area contributed by atoms with Crippen LogP contribution in [0.2, 0.25) is 0 Å². The van der Waals surface area contributed by atoms with Gasteiger partial charge in [-0.2, -0.15) is 0 Å². The first-order chi connectivity index (χ1) is 7.11. The van der Waals surface area contributed by atoms with E-state index in [1.807, 2.05) is 0 Å². The Kier molecular flexibility index (Phi) is 8.40. The van der Waals surface area contributed by atoms with Gasteiger partial charge in [-0.1, -0.05) is 37.6 Å². The van der Waals surface area contributed by atoms with Crippen molar-refractivity contribution in [1.29, 1.82) is 0 Å². The summed E-state index contributed by atoms with van der Waals surface area (Å²) in [6.07, 6.45) is 10.3. The molecule has 2 N–H and O–H groups in total. The van der Waals surface area contributed by atoms with Crippen molar-refractivity contribution in [2.45, 2.75) is 47.0 Å². The van der Waals surface area contributed by atoms with Gasteiger partial charge in [-0.05, 0) is 51.5 Å². The third kappa shape index (κ3) is 7.38. The average Bonchev–Trinajstić information content (AvgIpc) is 2.23. The third-order valence-electron chi connectivity index (χ3n) is 3.16. The number of hydrogen-bond acceptors (Lipinski definition) is 1. The number of allylic oxidation sites excluding steroid dienone is 4. The maximum atomic E-state index is 5.55. The zero-order chi connectivity index (χ0) is 11.7. The summed E-state index contributed by atoms with van der Waals surface area (Å²) in [5.74, 6) is 1.36. The highest BCUT2D eigenvalue weighted by Gasteiger charge is 2.06. The van der Waals surface area contributed by atoms with Crippen molar-refractivity contribution in [2.75, 3.05) is 6.54 Å². The summed E-state index contributed by atoms with van der Waals surface area (Å²) in [7, 11) is 0. The molecule has 0 radical (unpaired) electrons. The summed E-state index contributed by atoms with van der Waals surface area (Å²) >= 11 is 0. The maximum Gasteiger partial charge on any atom is -0.00745 e. The van der Waals surface area contributed by atoms with Crippen LogP contribution < -0.4 is 5.73 Å².